The highest BCUT2D eigenvalue weighted by atomic mass is 35.5. The number of amides is 2. The first-order valence-corrected chi connectivity index (χ1v) is 11.7. The summed E-state index contributed by atoms with van der Waals surface area (Å²) in [6.07, 6.45) is 1.51. The third kappa shape index (κ3) is 5.80. The van der Waals surface area contributed by atoms with Crippen LogP contribution in [0.5, 0.6) is 0 Å². The quantitative estimate of drug-likeness (QED) is 0.493. The molecule has 1 saturated heterocycles. The molecule has 1 aliphatic heterocycles. The van der Waals surface area contributed by atoms with Crippen molar-refractivity contribution in [2.75, 3.05) is 36.4 Å². The summed E-state index contributed by atoms with van der Waals surface area (Å²) in [5, 5.41) is 5.41. The van der Waals surface area contributed by atoms with Crippen LogP contribution >= 0.6 is 46.3 Å². The van der Waals surface area contributed by atoms with Gasteiger partial charge in [0.1, 0.15) is 5.82 Å². The van der Waals surface area contributed by atoms with Gasteiger partial charge in [-0.2, -0.15) is 4.37 Å². The summed E-state index contributed by atoms with van der Waals surface area (Å²) < 4.78 is 4.50. The Morgan fingerprint density at radius 2 is 1.77 bits per heavy atom. The Balaban J connectivity index is 1.35. The maximum Gasteiger partial charge on any atom is 0.321 e. The lowest BCUT2D eigenvalue weighted by Crippen LogP contribution is -2.38. The first-order chi connectivity index (χ1) is 15.0. The number of carbonyl (C=O) groups excluding carboxylic acids is 1. The summed E-state index contributed by atoms with van der Waals surface area (Å²) in [6, 6.07) is 12.6. The van der Waals surface area contributed by atoms with E-state index in [1.165, 1.54) is 11.5 Å². The summed E-state index contributed by atoms with van der Waals surface area (Å²) in [6.45, 7) is 2.76. The minimum atomic E-state index is -0.174. The van der Waals surface area contributed by atoms with Crippen molar-refractivity contribution < 1.29 is 4.79 Å². The van der Waals surface area contributed by atoms with Gasteiger partial charge in [-0.25, -0.2) is 9.78 Å². The third-order valence-electron chi connectivity index (χ3n) is 4.96. The van der Waals surface area contributed by atoms with Gasteiger partial charge in [0.15, 0.2) is 0 Å². The van der Waals surface area contributed by atoms with Gasteiger partial charge in [-0.1, -0.05) is 46.9 Å². The number of halogens is 3. The molecule has 0 unspecified atom stereocenters. The van der Waals surface area contributed by atoms with E-state index in [4.69, 9.17) is 39.8 Å². The Bertz CT molecular complexity index is 1060. The van der Waals surface area contributed by atoms with Crippen LogP contribution in [0.15, 0.2) is 42.5 Å². The Morgan fingerprint density at radius 3 is 2.55 bits per heavy atom. The van der Waals surface area contributed by atoms with Crippen LogP contribution < -0.4 is 10.2 Å². The number of benzene rings is 2. The van der Waals surface area contributed by atoms with Crippen molar-refractivity contribution in [2.24, 2.45) is 0 Å². The molecule has 4 rings (SSSR count). The first kappa shape index (κ1) is 22.1. The third-order valence-corrected chi connectivity index (χ3v) is 6.57. The number of anilines is 2. The highest BCUT2D eigenvalue weighted by Crippen LogP contribution is 2.26. The van der Waals surface area contributed by atoms with Crippen molar-refractivity contribution in [3.63, 3.8) is 0 Å². The molecule has 2 heterocycles. The molecule has 0 bridgehead atoms. The minimum Gasteiger partial charge on any atom is -0.345 e. The van der Waals surface area contributed by atoms with Gasteiger partial charge in [-0.15, -0.1) is 0 Å². The molecule has 0 atom stereocenters. The molecule has 162 valence electrons. The summed E-state index contributed by atoms with van der Waals surface area (Å²) in [7, 11) is 0. The lowest BCUT2D eigenvalue weighted by Gasteiger charge is -2.22. The zero-order valence-electron chi connectivity index (χ0n) is 16.5. The van der Waals surface area contributed by atoms with E-state index < -0.39 is 0 Å². The lowest BCUT2D eigenvalue weighted by atomic mass is 10.1. The number of urea groups is 1. The predicted molar refractivity (Wildman–Crippen MR) is 128 cm³/mol. The van der Waals surface area contributed by atoms with Crippen LogP contribution in [0.2, 0.25) is 15.1 Å². The van der Waals surface area contributed by atoms with Crippen LogP contribution in [0.25, 0.3) is 0 Å². The van der Waals surface area contributed by atoms with E-state index in [1.807, 2.05) is 24.3 Å². The Labute approximate surface area is 199 Å². The first-order valence-electron chi connectivity index (χ1n) is 9.81. The molecular weight excluding hydrogens is 477 g/mol. The largest absolute Gasteiger partial charge is 0.345 e. The standard InChI is InChI=1S/C21H20Cl3N5OS/c22-15-4-2-14(3-5-15)12-19-26-21(31-27-19)29-9-1-8-28(10-11-29)20(30)25-18-7-6-16(23)13-17(18)24/h2-7,13H,1,8-12H2,(H,25,30). The van der Waals surface area contributed by atoms with Gasteiger partial charge in [0.2, 0.25) is 5.13 Å². The zero-order valence-corrected chi connectivity index (χ0v) is 19.6. The molecular formula is C21H20Cl3N5OS. The number of nitrogens with zero attached hydrogens (tertiary/aromatic N) is 4. The molecule has 0 spiro atoms. The van der Waals surface area contributed by atoms with E-state index in [-0.39, 0.29) is 6.03 Å². The van der Waals surface area contributed by atoms with Crippen molar-refractivity contribution in [1.82, 2.24) is 14.3 Å². The summed E-state index contributed by atoms with van der Waals surface area (Å²) in [5.41, 5.74) is 1.67. The maximum atomic E-state index is 12.7. The van der Waals surface area contributed by atoms with E-state index in [9.17, 15) is 4.79 Å². The summed E-state index contributed by atoms with van der Waals surface area (Å²) >= 11 is 19.4. The second kappa shape index (κ2) is 10.0. The molecule has 2 amide bonds. The number of hydrogen-bond acceptors (Lipinski definition) is 5. The minimum absolute atomic E-state index is 0.174. The molecule has 1 fully saturated rings. The second-order valence-corrected chi connectivity index (χ2v) is 9.19. The number of rotatable bonds is 4. The molecule has 31 heavy (non-hydrogen) atoms. The second-order valence-electron chi connectivity index (χ2n) is 7.18. The van der Waals surface area contributed by atoms with Crippen LogP contribution in [0.4, 0.5) is 15.6 Å². The molecule has 0 radical (unpaired) electrons. The Hall–Kier alpha value is -2.06. The summed E-state index contributed by atoms with van der Waals surface area (Å²) in [5.74, 6) is 0.790. The topological polar surface area (TPSA) is 61.4 Å². The van der Waals surface area contributed by atoms with Gasteiger partial charge >= 0.3 is 6.03 Å². The number of aromatic nitrogens is 2. The fourth-order valence-electron chi connectivity index (χ4n) is 3.33. The van der Waals surface area contributed by atoms with Crippen LogP contribution in [0.3, 0.4) is 0 Å². The van der Waals surface area contributed by atoms with Crippen molar-refractivity contribution in [3.8, 4) is 0 Å². The van der Waals surface area contributed by atoms with Gasteiger partial charge in [0.05, 0.1) is 10.7 Å². The van der Waals surface area contributed by atoms with E-state index in [1.54, 1.807) is 23.1 Å². The molecule has 1 N–H and O–H groups in total. The predicted octanol–water partition coefficient (Wildman–Crippen LogP) is 5.83. The van der Waals surface area contributed by atoms with E-state index in [0.29, 0.717) is 46.8 Å². The molecule has 6 nitrogen and oxygen atoms in total. The van der Waals surface area contributed by atoms with Crippen LogP contribution in [0, 0.1) is 0 Å². The van der Waals surface area contributed by atoms with Crippen molar-refractivity contribution in [2.45, 2.75) is 12.8 Å². The van der Waals surface area contributed by atoms with Gasteiger partial charge < -0.3 is 15.1 Å². The fourth-order valence-corrected chi connectivity index (χ4v) is 4.65. The molecule has 1 aromatic heterocycles. The molecule has 3 aromatic rings. The molecule has 0 saturated carbocycles. The average Bonchev–Trinajstić information content (AvgIpc) is 3.06. The van der Waals surface area contributed by atoms with Crippen LogP contribution in [-0.4, -0.2) is 46.5 Å². The molecule has 1 aliphatic rings. The van der Waals surface area contributed by atoms with Crippen molar-refractivity contribution in [1.29, 1.82) is 0 Å². The number of hydrogen-bond donors (Lipinski definition) is 1. The number of carbonyl (C=O) groups is 1. The van der Waals surface area contributed by atoms with Crippen molar-refractivity contribution in [3.05, 3.63) is 68.9 Å². The number of nitrogens with one attached hydrogen (secondary N) is 1. The monoisotopic (exact) mass is 495 g/mol. The van der Waals surface area contributed by atoms with Crippen molar-refractivity contribution >= 4 is 63.2 Å². The molecule has 10 heteroatoms. The van der Waals surface area contributed by atoms with Gasteiger partial charge in [0, 0.05) is 54.2 Å². The van der Waals surface area contributed by atoms with Gasteiger partial charge in [-0.05, 0) is 42.3 Å². The maximum absolute atomic E-state index is 12.7. The Morgan fingerprint density at radius 1 is 1.00 bits per heavy atom. The lowest BCUT2D eigenvalue weighted by molar-refractivity contribution is 0.215. The van der Waals surface area contributed by atoms with E-state index in [0.717, 1.165) is 29.5 Å². The van der Waals surface area contributed by atoms with Gasteiger partial charge in [-0.3, -0.25) is 0 Å². The smallest absolute Gasteiger partial charge is 0.321 e. The Kier molecular flexibility index (Phi) is 7.17. The highest BCUT2D eigenvalue weighted by molar-refractivity contribution is 7.09. The van der Waals surface area contributed by atoms with Crippen LogP contribution in [0.1, 0.15) is 17.8 Å². The average molecular weight is 497 g/mol. The summed E-state index contributed by atoms with van der Waals surface area (Å²) in [4.78, 5) is 21.4. The fraction of sp³-hybridized carbons (Fsp3) is 0.286. The normalized spacial score (nSPS) is 14.4. The van der Waals surface area contributed by atoms with Gasteiger partial charge in [0.25, 0.3) is 0 Å². The van der Waals surface area contributed by atoms with Crippen LogP contribution in [-0.2, 0) is 6.42 Å². The van der Waals surface area contributed by atoms with E-state index in [2.05, 4.69) is 14.6 Å². The SMILES string of the molecule is O=C(Nc1ccc(Cl)cc1Cl)N1CCCN(c2nc(Cc3ccc(Cl)cc3)ns2)CC1. The highest BCUT2D eigenvalue weighted by Gasteiger charge is 2.22. The zero-order chi connectivity index (χ0) is 21.8. The molecule has 2 aromatic carbocycles. The van der Waals surface area contributed by atoms with E-state index >= 15 is 0 Å². The molecule has 0 aliphatic carbocycles.